The first kappa shape index (κ1) is 27.2. The number of rotatable bonds is 6. The summed E-state index contributed by atoms with van der Waals surface area (Å²) in [6.07, 6.45) is -3.47. The Labute approximate surface area is 225 Å². The zero-order valence-electron chi connectivity index (χ0n) is 20.2. The number of halogens is 4. The number of hydrogen-bond donors (Lipinski definition) is 1. The molecule has 0 atom stereocenters. The van der Waals surface area contributed by atoms with Gasteiger partial charge in [0.15, 0.2) is 11.5 Å². The van der Waals surface area contributed by atoms with Gasteiger partial charge in [0.05, 0.1) is 28.9 Å². The zero-order chi connectivity index (χ0) is 28.2. The van der Waals surface area contributed by atoms with Crippen LogP contribution in [0.4, 0.5) is 18.9 Å². The number of nitrogens with one attached hydrogen (secondary N) is 1. The van der Waals surface area contributed by atoms with Crippen LogP contribution in [0.3, 0.4) is 0 Å². The van der Waals surface area contributed by atoms with Crippen molar-refractivity contribution in [1.82, 2.24) is 0 Å². The molecule has 0 saturated heterocycles. The van der Waals surface area contributed by atoms with E-state index in [0.29, 0.717) is 22.6 Å². The molecule has 0 aliphatic carbocycles. The minimum atomic E-state index is -4.65. The minimum Gasteiger partial charge on any atom is -0.493 e. The smallest absolute Gasteiger partial charge is 0.416 e. The maximum atomic E-state index is 13.1. The molecule has 4 aromatic rings. The molecule has 39 heavy (non-hydrogen) atoms. The van der Waals surface area contributed by atoms with Gasteiger partial charge in [-0.05, 0) is 58.8 Å². The Hall–Kier alpha value is -4.81. The van der Waals surface area contributed by atoms with Crippen LogP contribution in [0.1, 0.15) is 21.5 Å². The lowest BCUT2D eigenvalue weighted by molar-refractivity contribution is -0.137. The normalized spacial score (nSPS) is 11.5. The summed E-state index contributed by atoms with van der Waals surface area (Å²) in [6.45, 7) is 0. The third kappa shape index (κ3) is 6.20. The number of hydrogen-bond acceptors (Lipinski definition) is 5. The molecule has 6 nitrogen and oxygen atoms in total. The van der Waals surface area contributed by atoms with Crippen LogP contribution in [0.25, 0.3) is 16.8 Å². The number of carbonyl (C=O) groups excluding carboxylic acids is 2. The topological polar surface area (TPSA) is 88.4 Å². The predicted molar refractivity (Wildman–Crippen MR) is 141 cm³/mol. The monoisotopic (exact) mass is 550 g/mol. The van der Waals surface area contributed by atoms with Gasteiger partial charge in [-0.3, -0.25) is 4.79 Å². The number of amides is 1. The Balaban J connectivity index is 1.61. The lowest BCUT2D eigenvalue weighted by atomic mass is 10.0. The number of benzene rings is 4. The molecule has 0 aliphatic heterocycles. The van der Waals surface area contributed by atoms with E-state index in [1.54, 1.807) is 30.3 Å². The van der Waals surface area contributed by atoms with Gasteiger partial charge < -0.3 is 14.8 Å². The van der Waals surface area contributed by atoms with E-state index in [4.69, 9.17) is 21.1 Å². The second kappa shape index (κ2) is 11.3. The molecule has 0 fully saturated rings. The number of anilines is 1. The van der Waals surface area contributed by atoms with Crippen LogP contribution in [-0.2, 0) is 11.0 Å². The van der Waals surface area contributed by atoms with Gasteiger partial charge >= 0.3 is 12.1 Å². The molecule has 0 spiro atoms. The highest BCUT2D eigenvalue weighted by molar-refractivity contribution is 6.34. The second-order valence-electron chi connectivity index (χ2n) is 8.14. The van der Waals surface area contributed by atoms with E-state index in [2.05, 4.69) is 5.32 Å². The molecule has 4 aromatic carbocycles. The molecule has 0 bridgehead atoms. The second-order valence-corrected chi connectivity index (χ2v) is 8.55. The first-order valence-electron chi connectivity index (χ1n) is 11.3. The summed E-state index contributed by atoms with van der Waals surface area (Å²) < 4.78 is 50.1. The standard InChI is InChI=1S/C29H18ClF3N2O4/c1-38-25-12-9-17(14-26(25)39-28(37)22-8-4-6-18-5-2-3-7-21(18)22)13-19(16-34)27(36)35-24-15-20(29(31,32)33)10-11-23(24)30/h2-15H,1H3,(H,35,36)/b19-13-. The molecule has 0 heterocycles. The van der Waals surface area contributed by atoms with Gasteiger partial charge in [-0.25, -0.2) is 4.79 Å². The maximum absolute atomic E-state index is 13.1. The quantitative estimate of drug-likeness (QED) is 0.118. The highest BCUT2D eigenvalue weighted by Crippen LogP contribution is 2.34. The van der Waals surface area contributed by atoms with E-state index in [1.807, 2.05) is 18.2 Å². The Morgan fingerprint density at radius 1 is 0.974 bits per heavy atom. The van der Waals surface area contributed by atoms with Crippen molar-refractivity contribution < 1.29 is 32.2 Å². The SMILES string of the molecule is COc1ccc(/C=C(/C#N)C(=O)Nc2cc(C(F)(F)F)ccc2Cl)cc1OC(=O)c1cccc2ccccc12. The summed E-state index contributed by atoms with van der Waals surface area (Å²) in [6, 6.07) is 21.0. The molecule has 0 aliphatic rings. The number of ether oxygens (including phenoxy) is 2. The number of methoxy groups -OCH3 is 1. The molecular weight excluding hydrogens is 533 g/mol. The number of alkyl halides is 3. The molecular formula is C29H18ClF3N2O4. The van der Waals surface area contributed by atoms with Crippen molar-refractivity contribution in [3.63, 3.8) is 0 Å². The largest absolute Gasteiger partial charge is 0.493 e. The van der Waals surface area contributed by atoms with Crippen molar-refractivity contribution in [3.05, 3.63) is 106 Å². The fourth-order valence-electron chi connectivity index (χ4n) is 3.72. The fraction of sp³-hybridized carbons (Fsp3) is 0.0690. The summed E-state index contributed by atoms with van der Waals surface area (Å²) in [4.78, 5) is 25.7. The van der Waals surface area contributed by atoms with Gasteiger partial charge in [-0.15, -0.1) is 0 Å². The molecule has 1 N–H and O–H groups in total. The number of nitrogens with zero attached hydrogens (tertiary/aromatic N) is 1. The summed E-state index contributed by atoms with van der Waals surface area (Å²) in [7, 11) is 1.38. The van der Waals surface area contributed by atoms with Crippen LogP contribution >= 0.6 is 11.6 Å². The van der Waals surface area contributed by atoms with Crippen molar-refractivity contribution in [3.8, 4) is 17.6 Å². The lowest BCUT2D eigenvalue weighted by Gasteiger charge is -2.12. The highest BCUT2D eigenvalue weighted by atomic mass is 35.5. The van der Waals surface area contributed by atoms with E-state index < -0.39 is 29.2 Å². The average molecular weight is 551 g/mol. The molecule has 4 rings (SSSR count). The predicted octanol–water partition coefficient (Wildman–Crippen LogP) is 7.29. The van der Waals surface area contributed by atoms with E-state index in [9.17, 15) is 28.0 Å². The van der Waals surface area contributed by atoms with Crippen molar-refractivity contribution in [1.29, 1.82) is 5.26 Å². The number of fused-ring (bicyclic) bond motifs is 1. The number of nitriles is 1. The third-order valence-electron chi connectivity index (χ3n) is 5.62. The first-order valence-corrected chi connectivity index (χ1v) is 11.7. The first-order chi connectivity index (χ1) is 18.6. The van der Waals surface area contributed by atoms with Crippen LogP contribution in [0, 0.1) is 11.3 Å². The van der Waals surface area contributed by atoms with Crippen LogP contribution in [0.15, 0.2) is 84.4 Å². The summed E-state index contributed by atoms with van der Waals surface area (Å²) in [5, 5.41) is 13.2. The van der Waals surface area contributed by atoms with Crippen molar-refractivity contribution in [2.75, 3.05) is 12.4 Å². The van der Waals surface area contributed by atoms with E-state index in [0.717, 1.165) is 17.5 Å². The Bertz CT molecular complexity index is 1650. The van der Waals surface area contributed by atoms with Crippen molar-refractivity contribution in [2.45, 2.75) is 6.18 Å². The van der Waals surface area contributed by atoms with Gasteiger partial charge in [0, 0.05) is 0 Å². The van der Waals surface area contributed by atoms with Crippen LogP contribution in [0.5, 0.6) is 11.5 Å². The summed E-state index contributed by atoms with van der Waals surface area (Å²) >= 11 is 5.94. The molecule has 0 unspecified atom stereocenters. The van der Waals surface area contributed by atoms with Crippen LogP contribution < -0.4 is 14.8 Å². The zero-order valence-corrected chi connectivity index (χ0v) is 20.9. The molecule has 0 saturated carbocycles. The Kier molecular flexibility index (Phi) is 7.88. The van der Waals surface area contributed by atoms with Crippen molar-refractivity contribution in [2.24, 2.45) is 0 Å². The molecule has 10 heteroatoms. The summed E-state index contributed by atoms with van der Waals surface area (Å²) in [5.41, 5.74) is -1.14. The lowest BCUT2D eigenvalue weighted by Crippen LogP contribution is -2.15. The van der Waals surface area contributed by atoms with E-state index in [-0.39, 0.29) is 22.2 Å². The molecule has 0 radical (unpaired) electrons. The highest BCUT2D eigenvalue weighted by Gasteiger charge is 2.31. The van der Waals surface area contributed by atoms with Gasteiger partial charge in [0.1, 0.15) is 11.6 Å². The van der Waals surface area contributed by atoms with Gasteiger partial charge in [0.25, 0.3) is 5.91 Å². The van der Waals surface area contributed by atoms with Crippen LogP contribution in [0.2, 0.25) is 5.02 Å². The number of carbonyl (C=O) groups is 2. The van der Waals surface area contributed by atoms with E-state index in [1.165, 1.54) is 31.4 Å². The van der Waals surface area contributed by atoms with Gasteiger partial charge in [-0.1, -0.05) is 54.1 Å². The minimum absolute atomic E-state index is 0.0304. The fourth-order valence-corrected chi connectivity index (χ4v) is 3.89. The summed E-state index contributed by atoms with van der Waals surface area (Å²) in [5.74, 6) is -1.38. The number of esters is 1. The van der Waals surface area contributed by atoms with Crippen molar-refractivity contribution >= 4 is 46.0 Å². The Morgan fingerprint density at radius 3 is 2.44 bits per heavy atom. The Morgan fingerprint density at radius 2 is 1.72 bits per heavy atom. The average Bonchev–Trinajstić information content (AvgIpc) is 2.92. The van der Waals surface area contributed by atoms with Gasteiger partial charge in [0.2, 0.25) is 0 Å². The van der Waals surface area contributed by atoms with Gasteiger partial charge in [-0.2, -0.15) is 18.4 Å². The van der Waals surface area contributed by atoms with Crippen LogP contribution in [-0.4, -0.2) is 19.0 Å². The maximum Gasteiger partial charge on any atom is 0.416 e. The molecule has 196 valence electrons. The third-order valence-corrected chi connectivity index (χ3v) is 5.95. The van der Waals surface area contributed by atoms with E-state index >= 15 is 0 Å². The molecule has 1 amide bonds. The molecule has 0 aromatic heterocycles.